The van der Waals surface area contributed by atoms with Crippen LogP contribution < -0.4 is 10.2 Å². The predicted molar refractivity (Wildman–Crippen MR) is 115 cm³/mol. The molecule has 3 amide bonds. The van der Waals surface area contributed by atoms with Crippen LogP contribution in [-0.2, 0) is 4.79 Å². The largest absolute Gasteiger partial charge is 0.325 e. The number of carbonyl (C=O) groups is 3. The highest BCUT2D eigenvalue weighted by Crippen LogP contribution is 2.35. The van der Waals surface area contributed by atoms with Gasteiger partial charge in [-0.05, 0) is 48.5 Å². The first-order valence-electron chi connectivity index (χ1n) is 9.00. The minimum atomic E-state index is -0.985. The van der Waals surface area contributed by atoms with Crippen molar-refractivity contribution in [3.8, 4) is 0 Å². The lowest BCUT2D eigenvalue weighted by Crippen LogP contribution is -2.29. The molecule has 3 aromatic carbocycles. The number of thioether (sulfide) groups is 1. The van der Waals surface area contributed by atoms with Crippen LogP contribution in [-0.4, -0.2) is 23.5 Å². The van der Waals surface area contributed by atoms with Gasteiger partial charge in [-0.15, -0.1) is 11.8 Å². The molecule has 9 heteroatoms. The smallest absolute Gasteiger partial charge is 0.266 e. The average Bonchev–Trinajstić information content (AvgIpc) is 3.00. The Morgan fingerprint density at radius 2 is 1.61 bits per heavy atom. The third-order valence-electron chi connectivity index (χ3n) is 4.53. The van der Waals surface area contributed by atoms with Gasteiger partial charge in [0.25, 0.3) is 11.8 Å². The van der Waals surface area contributed by atoms with Crippen LogP contribution in [0, 0.1) is 11.6 Å². The zero-order valence-corrected chi connectivity index (χ0v) is 17.3. The summed E-state index contributed by atoms with van der Waals surface area (Å²) in [6.07, 6.45) is 0. The molecule has 0 aliphatic carbocycles. The summed E-state index contributed by atoms with van der Waals surface area (Å²) in [5, 5.41) is 2.75. The SMILES string of the molecule is O=C(CSc1ccc(F)c(F)c1)Nc1ccc(N2C(=O)c3ccccc3C2=O)c(Cl)c1. The number of anilines is 2. The van der Waals surface area contributed by atoms with Gasteiger partial charge in [0, 0.05) is 10.6 Å². The van der Waals surface area contributed by atoms with E-state index in [1.807, 2.05) is 0 Å². The molecule has 1 heterocycles. The van der Waals surface area contributed by atoms with Crippen molar-refractivity contribution in [1.82, 2.24) is 0 Å². The van der Waals surface area contributed by atoms with Gasteiger partial charge in [-0.25, -0.2) is 13.7 Å². The van der Waals surface area contributed by atoms with Crippen LogP contribution in [0.5, 0.6) is 0 Å². The van der Waals surface area contributed by atoms with Crippen LogP contribution in [0.3, 0.4) is 0 Å². The molecule has 5 nitrogen and oxygen atoms in total. The summed E-state index contributed by atoms with van der Waals surface area (Å²) in [7, 11) is 0. The lowest BCUT2D eigenvalue weighted by molar-refractivity contribution is -0.113. The topological polar surface area (TPSA) is 66.5 Å². The zero-order valence-electron chi connectivity index (χ0n) is 15.7. The molecule has 1 N–H and O–H groups in total. The second-order valence-electron chi connectivity index (χ2n) is 6.57. The molecule has 3 aromatic rings. The van der Waals surface area contributed by atoms with Crippen molar-refractivity contribution < 1.29 is 23.2 Å². The van der Waals surface area contributed by atoms with E-state index in [2.05, 4.69) is 5.32 Å². The first kappa shape index (κ1) is 21.0. The Bertz CT molecular complexity index is 1200. The highest BCUT2D eigenvalue weighted by atomic mass is 35.5. The van der Waals surface area contributed by atoms with Crippen LogP contribution in [0.25, 0.3) is 0 Å². The van der Waals surface area contributed by atoms with E-state index in [9.17, 15) is 23.2 Å². The number of fused-ring (bicyclic) bond motifs is 1. The molecule has 1 aliphatic rings. The molecule has 0 saturated heterocycles. The normalized spacial score (nSPS) is 12.8. The number of carbonyl (C=O) groups excluding carboxylic acids is 3. The molecule has 0 unspecified atom stereocenters. The van der Waals surface area contributed by atoms with Crippen molar-refractivity contribution >= 4 is 52.5 Å². The van der Waals surface area contributed by atoms with Crippen molar-refractivity contribution in [3.63, 3.8) is 0 Å². The molecule has 31 heavy (non-hydrogen) atoms. The molecule has 0 aromatic heterocycles. The summed E-state index contributed by atoms with van der Waals surface area (Å²) in [6.45, 7) is 0. The van der Waals surface area contributed by atoms with Gasteiger partial charge in [0.1, 0.15) is 0 Å². The molecule has 0 saturated carbocycles. The highest BCUT2D eigenvalue weighted by molar-refractivity contribution is 8.00. The van der Waals surface area contributed by atoms with Crippen LogP contribution in [0.2, 0.25) is 5.02 Å². The second-order valence-corrected chi connectivity index (χ2v) is 8.03. The minimum absolute atomic E-state index is 0.0388. The molecule has 1 aliphatic heterocycles. The fraction of sp³-hybridized carbons (Fsp3) is 0.0455. The molecule has 0 radical (unpaired) electrons. The van der Waals surface area contributed by atoms with Crippen molar-refractivity contribution in [1.29, 1.82) is 0 Å². The Morgan fingerprint density at radius 3 is 2.23 bits per heavy atom. The zero-order chi connectivity index (χ0) is 22.1. The quantitative estimate of drug-likeness (QED) is 0.424. The molecular weight excluding hydrogens is 446 g/mol. The van der Waals surface area contributed by atoms with E-state index >= 15 is 0 Å². The second kappa shape index (κ2) is 8.49. The summed E-state index contributed by atoms with van der Waals surface area (Å²) in [5.41, 5.74) is 1.17. The number of halogens is 3. The Labute approximate surface area is 185 Å². The standard InChI is InChI=1S/C22H13ClF2N2O3S/c23-16-9-12(26-20(28)11-31-13-6-7-17(24)18(25)10-13)5-8-19(16)27-21(29)14-3-1-2-4-15(14)22(27)30/h1-10H,11H2,(H,26,28). The molecule has 0 fully saturated rings. The number of benzene rings is 3. The van der Waals surface area contributed by atoms with E-state index < -0.39 is 23.4 Å². The number of nitrogens with zero attached hydrogens (tertiary/aromatic N) is 1. The molecule has 0 spiro atoms. The van der Waals surface area contributed by atoms with E-state index in [1.54, 1.807) is 24.3 Å². The van der Waals surface area contributed by atoms with Gasteiger partial charge in [-0.3, -0.25) is 14.4 Å². The van der Waals surface area contributed by atoms with Gasteiger partial charge in [0.15, 0.2) is 11.6 Å². The summed E-state index contributed by atoms with van der Waals surface area (Å²) in [4.78, 5) is 38.8. The number of hydrogen-bond acceptors (Lipinski definition) is 4. The number of amides is 3. The molecule has 4 rings (SSSR count). The summed E-state index contributed by atoms with van der Waals surface area (Å²) < 4.78 is 26.2. The maximum absolute atomic E-state index is 13.2. The maximum Gasteiger partial charge on any atom is 0.266 e. The molecule has 156 valence electrons. The van der Waals surface area contributed by atoms with Crippen molar-refractivity contribution in [2.75, 3.05) is 16.0 Å². The number of imide groups is 1. The summed E-state index contributed by atoms with van der Waals surface area (Å²) >= 11 is 7.33. The Morgan fingerprint density at radius 1 is 0.935 bits per heavy atom. The fourth-order valence-corrected chi connectivity index (χ4v) is 4.07. The number of hydrogen-bond donors (Lipinski definition) is 1. The van der Waals surface area contributed by atoms with Crippen LogP contribution in [0.4, 0.5) is 20.2 Å². The Balaban J connectivity index is 1.44. The monoisotopic (exact) mass is 458 g/mol. The molecular formula is C22H13ClF2N2O3S. The lowest BCUT2D eigenvalue weighted by Gasteiger charge is -2.16. The van der Waals surface area contributed by atoms with Gasteiger partial charge in [0.05, 0.1) is 27.6 Å². The van der Waals surface area contributed by atoms with Crippen LogP contribution >= 0.6 is 23.4 Å². The Kier molecular flexibility index (Phi) is 5.75. The summed E-state index contributed by atoms with van der Waals surface area (Å²) in [5.74, 6) is -3.31. The average molecular weight is 459 g/mol. The Hall–Kier alpha value is -3.23. The third-order valence-corrected chi connectivity index (χ3v) is 5.82. The van der Waals surface area contributed by atoms with Crippen LogP contribution in [0.1, 0.15) is 20.7 Å². The van der Waals surface area contributed by atoms with E-state index in [0.29, 0.717) is 21.7 Å². The van der Waals surface area contributed by atoms with Gasteiger partial charge in [0.2, 0.25) is 5.91 Å². The number of rotatable bonds is 5. The molecule has 0 bridgehead atoms. The maximum atomic E-state index is 13.2. The van der Waals surface area contributed by atoms with E-state index in [-0.39, 0.29) is 22.4 Å². The van der Waals surface area contributed by atoms with Crippen LogP contribution in [0.15, 0.2) is 65.6 Å². The highest BCUT2D eigenvalue weighted by Gasteiger charge is 2.37. The van der Waals surface area contributed by atoms with Gasteiger partial charge < -0.3 is 5.32 Å². The van der Waals surface area contributed by atoms with Gasteiger partial charge in [-0.1, -0.05) is 23.7 Å². The first-order chi connectivity index (χ1) is 14.8. The third kappa shape index (κ3) is 4.17. The van der Waals surface area contributed by atoms with E-state index in [0.717, 1.165) is 28.8 Å². The first-order valence-corrected chi connectivity index (χ1v) is 10.4. The molecule has 0 atom stereocenters. The van der Waals surface area contributed by atoms with Crippen molar-refractivity contribution in [2.24, 2.45) is 0 Å². The van der Waals surface area contributed by atoms with Gasteiger partial charge in [-0.2, -0.15) is 0 Å². The van der Waals surface area contributed by atoms with Gasteiger partial charge >= 0.3 is 0 Å². The minimum Gasteiger partial charge on any atom is -0.325 e. The fourth-order valence-electron chi connectivity index (χ4n) is 3.09. The lowest BCUT2D eigenvalue weighted by atomic mass is 10.1. The van der Waals surface area contributed by atoms with E-state index in [4.69, 9.17) is 11.6 Å². The predicted octanol–water partition coefficient (Wildman–Crippen LogP) is 5.15. The summed E-state index contributed by atoms with van der Waals surface area (Å²) in [6, 6.07) is 14.3. The van der Waals surface area contributed by atoms with E-state index in [1.165, 1.54) is 24.3 Å². The number of nitrogens with one attached hydrogen (secondary N) is 1. The van der Waals surface area contributed by atoms with Crippen molar-refractivity contribution in [3.05, 3.63) is 88.4 Å². The van der Waals surface area contributed by atoms with Crippen molar-refractivity contribution in [2.45, 2.75) is 4.90 Å².